The number of nitrogens with zero attached hydrogens (tertiary/aromatic N) is 4. The van der Waals surface area contributed by atoms with Crippen LogP contribution in [0.4, 0.5) is 11.6 Å². The van der Waals surface area contributed by atoms with Gasteiger partial charge in [-0.25, -0.2) is 9.97 Å². The van der Waals surface area contributed by atoms with Gasteiger partial charge in [-0.1, -0.05) is 12.1 Å². The van der Waals surface area contributed by atoms with Crippen LogP contribution in [0.3, 0.4) is 0 Å². The van der Waals surface area contributed by atoms with Crippen molar-refractivity contribution in [3.05, 3.63) is 48.3 Å². The first-order chi connectivity index (χ1) is 13.3. The van der Waals surface area contributed by atoms with Crippen molar-refractivity contribution in [1.82, 2.24) is 19.8 Å². The Morgan fingerprint density at radius 1 is 1.04 bits per heavy atom. The topological polar surface area (TPSA) is 61.4 Å². The summed E-state index contributed by atoms with van der Waals surface area (Å²) in [6, 6.07) is 11.9. The highest BCUT2D eigenvalue weighted by molar-refractivity contribution is 5.78. The molecule has 142 valence electrons. The predicted molar refractivity (Wildman–Crippen MR) is 106 cm³/mol. The lowest BCUT2D eigenvalue weighted by Crippen LogP contribution is -2.43. The van der Waals surface area contributed by atoms with Crippen LogP contribution >= 0.6 is 0 Å². The molecular formula is C21H27N5O. The normalized spacial score (nSPS) is 20.6. The van der Waals surface area contributed by atoms with E-state index in [1.165, 1.54) is 0 Å². The van der Waals surface area contributed by atoms with Crippen molar-refractivity contribution in [2.24, 2.45) is 0 Å². The molecule has 6 nitrogen and oxygen atoms in total. The summed E-state index contributed by atoms with van der Waals surface area (Å²) in [5.74, 6) is 2.27. The molecular weight excluding hydrogens is 338 g/mol. The fourth-order valence-corrected chi connectivity index (χ4v) is 4.01. The third kappa shape index (κ3) is 4.63. The molecule has 6 heteroatoms. The number of hydrogen-bond donors (Lipinski definition) is 1. The van der Waals surface area contributed by atoms with Crippen molar-refractivity contribution >= 4 is 17.5 Å². The van der Waals surface area contributed by atoms with E-state index in [9.17, 15) is 4.79 Å². The molecule has 1 atom stereocenters. The number of carbonyl (C=O) groups is 1. The molecule has 0 bridgehead atoms. The maximum absolute atomic E-state index is 12.5. The van der Waals surface area contributed by atoms with Crippen LogP contribution in [0, 0.1) is 0 Å². The summed E-state index contributed by atoms with van der Waals surface area (Å²) in [7, 11) is 0. The maximum atomic E-state index is 12.5. The molecule has 0 aliphatic carbocycles. The fraction of sp³-hybridized carbons (Fsp3) is 0.476. The smallest absolute Gasteiger partial charge is 0.236 e. The second kappa shape index (κ2) is 8.48. The second-order valence-corrected chi connectivity index (χ2v) is 7.45. The van der Waals surface area contributed by atoms with E-state index >= 15 is 0 Å². The van der Waals surface area contributed by atoms with Gasteiger partial charge in [0.1, 0.15) is 11.6 Å². The number of carbonyl (C=O) groups excluding carboxylic acids is 1. The molecule has 1 amide bonds. The molecule has 4 rings (SSSR count). The first kappa shape index (κ1) is 17.9. The van der Waals surface area contributed by atoms with Gasteiger partial charge in [0, 0.05) is 37.4 Å². The highest BCUT2D eigenvalue weighted by atomic mass is 16.2. The Balaban J connectivity index is 1.39. The van der Waals surface area contributed by atoms with E-state index in [2.05, 4.69) is 21.3 Å². The Kier molecular flexibility index (Phi) is 5.63. The van der Waals surface area contributed by atoms with Crippen molar-refractivity contribution in [3.63, 3.8) is 0 Å². The zero-order valence-corrected chi connectivity index (χ0v) is 15.7. The molecule has 1 N–H and O–H groups in total. The third-order valence-corrected chi connectivity index (χ3v) is 5.43. The summed E-state index contributed by atoms with van der Waals surface area (Å²) in [4.78, 5) is 25.9. The molecule has 0 spiro atoms. The van der Waals surface area contributed by atoms with E-state index in [4.69, 9.17) is 4.98 Å². The Morgan fingerprint density at radius 3 is 2.70 bits per heavy atom. The quantitative estimate of drug-likeness (QED) is 0.882. The minimum atomic E-state index is 0.284. The maximum Gasteiger partial charge on any atom is 0.236 e. The highest BCUT2D eigenvalue weighted by Gasteiger charge is 2.26. The molecule has 1 unspecified atom stereocenters. The molecule has 0 radical (unpaired) electrons. The zero-order chi connectivity index (χ0) is 18.5. The van der Waals surface area contributed by atoms with Crippen LogP contribution in [0.2, 0.25) is 0 Å². The van der Waals surface area contributed by atoms with Crippen LogP contribution in [0.5, 0.6) is 0 Å². The van der Waals surface area contributed by atoms with E-state index in [1.807, 2.05) is 35.2 Å². The number of amides is 1. The van der Waals surface area contributed by atoms with Gasteiger partial charge in [-0.15, -0.1) is 0 Å². The minimum absolute atomic E-state index is 0.284. The second-order valence-electron chi connectivity index (χ2n) is 7.45. The number of anilines is 2. The molecule has 2 fully saturated rings. The number of hydrogen-bond acceptors (Lipinski definition) is 5. The standard InChI is InChI=1S/C21H27N5O/c27-21(26-13-3-4-14-26)16-25-12-6-7-17(15-25)18-8-5-10-20(23-18)24-19-9-1-2-11-22-19/h1-2,5,8-11,17H,3-4,6-7,12-16H2,(H,22,23,24). The van der Waals surface area contributed by atoms with E-state index < -0.39 is 0 Å². The van der Waals surface area contributed by atoms with Gasteiger partial charge < -0.3 is 10.2 Å². The van der Waals surface area contributed by atoms with Gasteiger partial charge >= 0.3 is 0 Å². The lowest BCUT2D eigenvalue weighted by molar-refractivity contribution is -0.131. The molecule has 27 heavy (non-hydrogen) atoms. The lowest BCUT2D eigenvalue weighted by atomic mass is 9.94. The number of piperidine rings is 1. The van der Waals surface area contributed by atoms with Gasteiger partial charge in [-0.3, -0.25) is 9.69 Å². The van der Waals surface area contributed by atoms with Gasteiger partial charge in [0.15, 0.2) is 0 Å². The van der Waals surface area contributed by atoms with Crippen molar-refractivity contribution in [2.75, 3.05) is 38.0 Å². The van der Waals surface area contributed by atoms with Crippen LogP contribution in [0.25, 0.3) is 0 Å². The van der Waals surface area contributed by atoms with Crippen molar-refractivity contribution in [2.45, 2.75) is 31.6 Å². The lowest BCUT2D eigenvalue weighted by Gasteiger charge is -2.33. The largest absolute Gasteiger partial charge is 0.342 e. The number of likely N-dealkylation sites (tertiary alicyclic amines) is 2. The van der Waals surface area contributed by atoms with Gasteiger partial charge in [0.25, 0.3) is 0 Å². The number of nitrogens with one attached hydrogen (secondary N) is 1. The predicted octanol–water partition coefficient (Wildman–Crippen LogP) is 3.02. The highest BCUT2D eigenvalue weighted by Crippen LogP contribution is 2.27. The third-order valence-electron chi connectivity index (χ3n) is 5.43. The van der Waals surface area contributed by atoms with Gasteiger partial charge in [-0.2, -0.15) is 0 Å². The molecule has 2 aliphatic rings. The van der Waals surface area contributed by atoms with Gasteiger partial charge in [0.05, 0.1) is 6.54 Å². The summed E-state index contributed by atoms with van der Waals surface area (Å²) < 4.78 is 0. The van der Waals surface area contributed by atoms with E-state index in [0.29, 0.717) is 12.5 Å². The van der Waals surface area contributed by atoms with Crippen molar-refractivity contribution in [1.29, 1.82) is 0 Å². The first-order valence-electron chi connectivity index (χ1n) is 9.93. The average Bonchev–Trinajstić information content (AvgIpc) is 3.24. The van der Waals surface area contributed by atoms with Crippen LogP contribution < -0.4 is 5.32 Å². The Labute approximate surface area is 160 Å². The Morgan fingerprint density at radius 2 is 1.89 bits per heavy atom. The van der Waals surface area contributed by atoms with Gasteiger partial charge in [0.2, 0.25) is 5.91 Å². The average molecular weight is 365 g/mol. The molecule has 0 saturated carbocycles. The van der Waals surface area contributed by atoms with E-state index in [-0.39, 0.29) is 5.91 Å². The Bertz CT molecular complexity index is 760. The molecule has 2 aliphatic heterocycles. The van der Waals surface area contributed by atoms with Crippen LogP contribution in [0.1, 0.15) is 37.3 Å². The number of rotatable bonds is 5. The molecule has 2 aromatic rings. The summed E-state index contributed by atoms with van der Waals surface area (Å²) in [6.45, 7) is 4.31. The van der Waals surface area contributed by atoms with Crippen molar-refractivity contribution < 1.29 is 4.79 Å². The first-order valence-corrected chi connectivity index (χ1v) is 9.93. The summed E-state index contributed by atoms with van der Waals surface area (Å²) in [6.07, 6.45) is 6.29. The molecule has 0 aromatic carbocycles. The SMILES string of the molecule is O=C(CN1CCCC(c2cccc(Nc3ccccn3)n2)C1)N1CCCC1. The van der Waals surface area contributed by atoms with Crippen LogP contribution in [-0.4, -0.2) is 58.4 Å². The fourth-order valence-electron chi connectivity index (χ4n) is 4.01. The van der Waals surface area contributed by atoms with Crippen LogP contribution in [0.15, 0.2) is 42.6 Å². The number of aromatic nitrogens is 2. The Hall–Kier alpha value is -2.47. The summed E-state index contributed by atoms with van der Waals surface area (Å²) in [5.41, 5.74) is 1.09. The molecule has 2 aromatic heterocycles. The van der Waals surface area contributed by atoms with E-state index in [1.54, 1.807) is 6.20 Å². The molecule has 2 saturated heterocycles. The number of pyridine rings is 2. The summed E-state index contributed by atoms with van der Waals surface area (Å²) in [5, 5.41) is 3.27. The van der Waals surface area contributed by atoms with E-state index in [0.717, 1.165) is 69.2 Å². The van der Waals surface area contributed by atoms with Crippen molar-refractivity contribution in [3.8, 4) is 0 Å². The monoisotopic (exact) mass is 365 g/mol. The van der Waals surface area contributed by atoms with Crippen LogP contribution in [-0.2, 0) is 4.79 Å². The minimum Gasteiger partial charge on any atom is -0.342 e. The zero-order valence-electron chi connectivity index (χ0n) is 15.7. The summed E-state index contributed by atoms with van der Waals surface area (Å²) >= 11 is 0. The molecule has 4 heterocycles. The van der Waals surface area contributed by atoms with Gasteiger partial charge in [-0.05, 0) is 56.5 Å².